The molecule has 2 aromatic rings. The Morgan fingerprint density at radius 3 is 2.26 bits per heavy atom. The van der Waals surface area contributed by atoms with E-state index in [1.807, 2.05) is 20.8 Å². The van der Waals surface area contributed by atoms with Gasteiger partial charge in [0.15, 0.2) is 0 Å². The van der Waals surface area contributed by atoms with E-state index in [0.717, 1.165) is 0 Å². The molecule has 0 spiro atoms. The first-order valence-electron chi connectivity index (χ1n) is 8.50. The highest BCUT2D eigenvalue weighted by Gasteiger charge is 2.44. The molecule has 2 rings (SSSR count). The smallest absolute Gasteiger partial charge is 0.332 e. The minimum atomic E-state index is -4.60. The van der Waals surface area contributed by atoms with Crippen LogP contribution in [0.25, 0.3) is 11.0 Å². The first kappa shape index (κ1) is 22.4. The molecule has 0 saturated carbocycles. The van der Waals surface area contributed by atoms with Crippen molar-refractivity contribution < 1.29 is 17.4 Å². The summed E-state index contributed by atoms with van der Waals surface area (Å²) in [4.78, 5) is 4.38. The molecule has 0 aliphatic carbocycles. The van der Waals surface area contributed by atoms with E-state index in [1.165, 1.54) is 6.20 Å². The number of aromatic nitrogens is 2. The molecule has 1 N–H and O–H groups in total. The average Bonchev–Trinajstić information content (AvgIpc) is 2.78. The van der Waals surface area contributed by atoms with E-state index >= 15 is 0 Å². The molecular weight excluding hydrogens is 443 g/mol. The van der Waals surface area contributed by atoms with Crippen molar-refractivity contribution in [3.63, 3.8) is 0 Å². The van der Waals surface area contributed by atoms with E-state index in [1.54, 1.807) is 37.5 Å². The minimum absolute atomic E-state index is 0.0272. The second-order valence-corrected chi connectivity index (χ2v) is 11.6. The Morgan fingerprint density at radius 2 is 1.78 bits per heavy atom. The van der Waals surface area contributed by atoms with Crippen LogP contribution in [0.4, 0.5) is 13.2 Å². The Morgan fingerprint density at radius 1 is 1.19 bits per heavy atom. The highest BCUT2D eigenvalue weighted by atomic mass is 79.9. The van der Waals surface area contributed by atoms with Crippen LogP contribution < -0.4 is 4.72 Å². The number of rotatable bonds is 4. The summed E-state index contributed by atoms with van der Waals surface area (Å²) in [6.45, 7) is 11.4. The summed E-state index contributed by atoms with van der Waals surface area (Å²) < 4.78 is 57.8. The zero-order valence-electron chi connectivity index (χ0n) is 16.2. The molecule has 0 saturated heterocycles. The summed E-state index contributed by atoms with van der Waals surface area (Å²) in [6, 6.07) is 1.17. The van der Waals surface area contributed by atoms with Crippen LogP contribution >= 0.6 is 15.9 Å². The van der Waals surface area contributed by atoms with Crippen LogP contribution in [-0.4, -0.2) is 24.7 Å². The van der Waals surface area contributed by atoms with Gasteiger partial charge in [0, 0.05) is 23.7 Å². The fourth-order valence-corrected chi connectivity index (χ4v) is 3.75. The Balaban J connectivity index is 2.64. The lowest BCUT2D eigenvalue weighted by Gasteiger charge is -2.26. The fourth-order valence-electron chi connectivity index (χ4n) is 2.62. The molecular formula is C18H25BrF3N3OS. The average molecular weight is 468 g/mol. The number of fused-ring (bicyclic) bond motifs is 1. The number of nitrogens with one attached hydrogen (secondary N) is 1. The second-order valence-electron chi connectivity index (χ2n) is 8.75. The van der Waals surface area contributed by atoms with Crippen LogP contribution in [-0.2, 0) is 17.5 Å². The van der Waals surface area contributed by atoms with Gasteiger partial charge in [-0.25, -0.2) is 13.9 Å². The topological polar surface area (TPSA) is 46.9 Å². The van der Waals surface area contributed by atoms with E-state index in [9.17, 15) is 17.4 Å². The van der Waals surface area contributed by atoms with Crippen LogP contribution in [0.2, 0.25) is 0 Å². The third kappa shape index (κ3) is 5.54. The van der Waals surface area contributed by atoms with Gasteiger partial charge in [-0.1, -0.05) is 20.8 Å². The maximum atomic E-state index is 13.9. The highest BCUT2D eigenvalue weighted by molar-refractivity contribution is 9.10. The van der Waals surface area contributed by atoms with Crippen molar-refractivity contribution in [2.24, 2.45) is 5.41 Å². The molecule has 0 aliphatic rings. The van der Waals surface area contributed by atoms with Gasteiger partial charge in [0.05, 0.1) is 15.7 Å². The molecule has 0 aromatic carbocycles. The summed E-state index contributed by atoms with van der Waals surface area (Å²) in [6.07, 6.45) is -3.13. The van der Waals surface area contributed by atoms with Crippen molar-refractivity contribution in [2.45, 2.75) is 65.1 Å². The molecule has 2 atom stereocenters. The quantitative estimate of drug-likeness (QED) is 0.603. The number of nitrogens with zero attached hydrogens (tertiary/aromatic N) is 2. The Labute approximate surface area is 168 Å². The van der Waals surface area contributed by atoms with Gasteiger partial charge in [-0.05, 0) is 54.2 Å². The molecule has 152 valence electrons. The molecule has 2 aromatic heterocycles. The summed E-state index contributed by atoms with van der Waals surface area (Å²) in [7, 11) is -1.88. The van der Waals surface area contributed by atoms with Crippen molar-refractivity contribution in [1.82, 2.24) is 14.3 Å². The monoisotopic (exact) mass is 467 g/mol. The van der Waals surface area contributed by atoms with Gasteiger partial charge in [0.1, 0.15) is 16.3 Å². The largest absolute Gasteiger partial charge is 0.408 e. The number of alkyl halides is 3. The van der Waals surface area contributed by atoms with Crippen molar-refractivity contribution in [3.8, 4) is 0 Å². The van der Waals surface area contributed by atoms with E-state index in [4.69, 9.17) is 0 Å². The van der Waals surface area contributed by atoms with Crippen molar-refractivity contribution >= 4 is 37.9 Å². The number of hydrogen-bond acceptors (Lipinski definition) is 2. The fraction of sp³-hybridized carbons (Fsp3) is 0.611. The SMILES string of the molecule is CC(C)(C)Cn1cc(C(NS(=O)C(C)(C)C)C(F)(F)F)c2ccc(Br)nc21. The van der Waals surface area contributed by atoms with Gasteiger partial charge in [0.2, 0.25) is 0 Å². The van der Waals surface area contributed by atoms with E-state index in [2.05, 4.69) is 25.6 Å². The maximum absolute atomic E-state index is 13.9. The Kier molecular flexibility index (Phi) is 6.19. The molecule has 4 nitrogen and oxygen atoms in total. The summed E-state index contributed by atoms with van der Waals surface area (Å²) >= 11 is 3.29. The molecule has 0 amide bonds. The number of halogens is 4. The third-order valence-corrected chi connectivity index (χ3v) is 5.79. The van der Waals surface area contributed by atoms with Gasteiger partial charge in [-0.3, -0.25) is 0 Å². The zero-order valence-corrected chi connectivity index (χ0v) is 18.6. The number of pyridine rings is 1. The van der Waals surface area contributed by atoms with Gasteiger partial charge < -0.3 is 4.57 Å². The van der Waals surface area contributed by atoms with Crippen molar-refractivity contribution in [3.05, 3.63) is 28.5 Å². The van der Waals surface area contributed by atoms with Crippen molar-refractivity contribution in [1.29, 1.82) is 0 Å². The Bertz CT molecular complexity index is 850. The summed E-state index contributed by atoms with van der Waals surface area (Å²) in [5.74, 6) is 0. The Hall–Kier alpha value is -0.930. The van der Waals surface area contributed by atoms with Gasteiger partial charge in [-0.15, -0.1) is 0 Å². The molecule has 2 unspecified atom stereocenters. The highest BCUT2D eigenvalue weighted by Crippen LogP contribution is 2.38. The summed E-state index contributed by atoms with van der Waals surface area (Å²) in [5.41, 5.74) is 0.342. The standard InChI is InChI=1S/C18H25BrF3N3OS/c1-16(2,3)10-25-9-12(11-7-8-13(19)23-15(11)25)14(18(20,21)22)24-27(26)17(4,5)6/h7-9,14,24H,10H2,1-6H3. The van der Waals surface area contributed by atoms with Gasteiger partial charge in [-0.2, -0.15) is 13.2 Å². The van der Waals surface area contributed by atoms with Crippen LogP contribution in [0, 0.1) is 5.41 Å². The molecule has 0 fully saturated rings. The first-order valence-corrected chi connectivity index (χ1v) is 10.4. The molecule has 0 aliphatic heterocycles. The lowest BCUT2D eigenvalue weighted by Crippen LogP contribution is -2.41. The van der Waals surface area contributed by atoms with Gasteiger partial charge in [0.25, 0.3) is 0 Å². The lowest BCUT2D eigenvalue weighted by atomic mass is 9.97. The van der Waals surface area contributed by atoms with Crippen LogP contribution in [0.15, 0.2) is 22.9 Å². The molecule has 2 heterocycles. The predicted octanol–water partition coefficient (Wildman–Crippen LogP) is 5.50. The summed E-state index contributed by atoms with van der Waals surface area (Å²) in [5, 5.41) is 0.392. The molecule has 27 heavy (non-hydrogen) atoms. The molecule has 0 radical (unpaired) electrons. The van der Waals surface area contributed by atoms with Gasteiger partial charge >= 0.3 is 6.18 Å². The molecule has 0 bridgehead atoms. The minimum Gasteiger partial charge on any atom is -0.332 e. The molecule has 9 heteroatoms. The van der Waals surface area contributed by atoms with E-state index in [-0.39, 0.29) is 11.0 Å². The second kappa shape index (κ2) is 7.48. The number of hydrogen-bond donors (Lipinski definition) is 1. The lowest BCUT2D eigenvalue weighted by molar-refractivity contribution is -0.152. The van der Waals surface area contributed by atoms with E-state index < -0.39 is 28.0 Å². The zero-order chi connectivity index (χ0) is 20.8. The third-order valence-electron chi connectivity index (χ3n) is 3.78. The van der Waals surface area contributed by atoms with E-state index in [0.29, 0.717) is 22.2 Å². The normalized spacial score (nSPS) is 15.9. The van der Waals surface area contributed by atoms with Crippen molar-refractivity contribution in [2.75, 3.05) is 0 Å². The predicted molar refractivity (Wildman–Crippen MR) is 107 cm³/mol. The van der Waals surface area contributed by atoms with Crippen LogP contribution in [0.3, 0.4) is 0 Å². The maximum Gasteiger partial charge on any atom is 0.408 e. The first-order chi connectivity index (χ1) is 12.1. The van der Waals surface area contributed by atoms with Crippen LogP contribution in [0.5, 0.6) is 0 Å². The van der Waals surface area contributed by atoms with Crippen LogP contribution in [0.1, 0.15) is 53.1 Å².